The number of anilines is 1. The maximum absolute atomic E-state index is 13.6. The number of esters is 2. The first-order valence-corrected chi connectivity index (χ1v) is 13.5. The molecule has 9 heteroatoms. The number of rotatable bonds is 5. The van der Waals surface area contributed by atoms with Crippen LogP contribution in [0.25, 0.3) is 0 Å². The molecule has 2 aromatic carbocycles. The summed E-state index contributed by atoms with van der Waals surface area (Å²) in [4.78, 5) is 29.5. The SMILES string of the molecule is COC(=O)C1=C2Nc3ccccc3[C@@]23CCN2CCC[C@]([C@@H](C)OC(=O)c4cc(OC)c5c(c4)OCO5)(C1)[C@H]23. The van der Waals surface area contributed by atoms with Crippen molar-refractivity contribution in [2.24, 2.45) is 5.41 Å². The number of nitrogens with one attached hydrogen (secondary N) is 1. The van der Waals surface area contributed by atoms with E-state index in [1.165, 1.54) is 19.8 Å². The van der Waals surface area contributed by atoms with Crippen molar-refractivity contribution in [3.63, 3.8) is 0 Å². The molecule has 2 saturated heterocycles. The van der Waals surface area contributed by atoms with Crippen LogP contribution in [0.2, 0.25) is 0 Å². The van der Waals surface area contributed by atoms with Gasteiger partial charge in [0, 0.05) is 22.8 Å². The first-order valence-electron chi connectivity index (χ1n) is 13.5. The van der Waals surface area contributed by atoms with E-state index in [0.29, 0.717) is 34.8 Å². The average Bonchev–Trinajstić information content (AvgIpc) is 3.68. The van der Waals surface area contributed by atoms with E-state index in [-0.39, 0.29) is 24.2 Å². The second-order valence-corrected chi connectivity index (χ2v) is 11.1. The minimum Gasteiger partial charge on any atom is -0.493 e. The fourth-order valence-electron chi connectivity index (χ4n) is 8.05. The molecule has 9 nitrogen and oxygen atoms in total. The quantitative estimate of drug-likeness (QED) is 0.573. The molecule has 204 valence electrons. The number of fused-ring (bicyclic) bond motifs is 2. The Morgan fingerprint density at radius 2 is 1.95 bits per heavy atom. The second-order valence-electron chi connectivity index (χ2n) is 11.1. The zero-order chi connectivity index (χ0) is 26.9. The number of nitrogens with zero attached hydrogens (tertiary/aromatic N) is 1. The highest BCUT2D eigenvalue weighted by atomic mass is 16.7. The Kier molecular flexibility index (Phi) is 5.39. The van der Waals surface area contributed by atoms with Crippen molar-refractivity contribution in [3.8, 4) is 17.2 Å². The molecule has 4 atom stereocenters. The highest BCUT2D eigenvalue weighted by Gasteiger charge is 2.68. The van der Waals surface area contributed by atoms with Crippen molar-refractivity contribution in [1.82, 2.24) is 4.90 Å². The van der Waals surface area contributed by atoms with Crippen LogP contribution < -0.4 is 19.5 Å². The van der Waals surface area contributed by atoms with Crippen molar-refractivity contribution in [2.75, 3.05) is 39.4 Å². The van der Waals surface area contributed by atoms with E-state index in [2.05, 4.69) is 28.4 Å². The van der Waals surface area contributed by atoms with E-state index < -0.39 is 17.5 Å². The molecule has 1 N–H and O–H groups in total. The molecule has 0 aromatic heterocycles. The minimum absolute atomic E-state index is 0.0732. The highest BCUT2D eigenvalue weighted by molar-refractivity contribution is 5.94. The molecular weight excluding hydrogens is 500 g/mol. The number of hydrogen-bond donors (Lipinski definition) is 1. The van der Waals surface area contributed by atoms with Crippen LogP contribution in [0.15, 0.2) is 47.7 Å². The van der Waals surface area contributed by atoms with Gasteiger partial charge in [0.15, 0.2) is 11.5 Å². The summed E-state index contributed by atoms with van der Waals surface area (Å²) in [5.41, 5.74) is 3.33. The lowest BCUT2D eigenvalue weighted by molar-refractivity contribution is -0.138. The maximum Gasteiger partial charge on any atom is 0.338 e. The third-order valence-corrected chi connectivity index (χ3v) is 9.60. The maximum atomic E-state index is 13.6. The van der Waals surface area contributed by atoms with Gasteiger partial charge >= 0.3 is 11.9 Å². The van der Waals surface area contributed by atoms with E-state index in [1.54, 1.807) is 12.1 Å². The van der Waals surface area contributed by atoms with Gasteiger partial charge in [-0.25, -0.2) is 9.59 Å². The molecule has 39 heavy (non-hydrogen) atoms. The zero-order valence-electron chi connectivity index (χ0n) is 22.4. The lowest BCUT2D eigenvalue weighted by Gasteiger charge is -2.57. The Morgan fingerprint density at radius 1 is 1.10 bits per heavy atom. The molecule has 0 radical (unpaired) electrons. The average molecular weight is 533 g/mol. The van der Waals surface area contributed by atoms with E-state index in [4.69, 9.17) is 23.7 Å². The molecule has 5 aliphatic rings. The Hall–Kier alpha value is -3.72. The third-order valence-electron chi connectivity index (χ3n) is 9.60. The molecule has 2 fully saturated rings. The van der Waals surface area contributed by atoms with Gasteiger partial charge in [0.1, 0.15) is 6.10 Å². The van der Waals surface area contributed by atoms with Crippen molar-refractivity contribution in [2.45, 2.75) is 50.2 Å². The lowest BCUT2D eigenvalue weighted by atomic mass is 9.53. The summed E-state index contributed by atoms with van der Waals surface area (Å²) in [5, 5.41) is 3.62. The van der Waals surface area contributed by atoms with Crippen LogP contribution in [0.5, 0.6) is 17.2 Å². The molecule has 0 unspecified atom stereocenters. The molecule has 2 aromatic rings. The summed E-state index contributed by atoms with van der Waals surface area (Å²) < 4.78 is 28.1. The minimum atomic E-state index is -0.475. The number of benzene rings is 2. The largest absolute Gasteiger partial charge is 0.493 e. The molecule has 7 rings (SSSR count). The van der Waals surface area contributed by atoms with Crippen LogP contribution in [0, 0.1) is 5.41 Å². The van der Waals surface area contributed by atoms with E-state index in [9.17, 15) is 9.59 Å². The van der Waals surface area contributed by atoms with Gasteiger partial charge in [0.2, 0.25) is 12.5 Å². The Morgan fingerprint density at radius 3 is 2.77 bits per heavy atom. The fraction of sp³-hybridized carbons (Fsp3) is 0.467. The van der Waals surface area contributed by atoms with Gasteiger partial charge in [-0.05, 0) is 69.5 Å². The van der Waals surface area contributed by atoms with Crippen LogP contribution in [-0.4, -0.2) is 63.1 Å². The summed E-state index contributed by atoms with van der Waals surface area (Å²) >= 11 is 0. The third kappa shape index (κ3) is 3.22. The van der Waals surface area contributed by atoms with Crippen LogP contribution in [0.3, 0.4) is 0 Å². The molecule has 1 aliphatic carbocycles. The summed E-state index contributed by atoms with van der Waals surface area (Å²) in [6, 6.07) is 11.7. The van der Waals surface area contributed by atoms with Gasteiger partial charge in [-0.1, -0.05) is 18.2 Å². The monoisotopic (exact) mass is 532 g/mol. The van der Waals surface area contributed by atoms with Crippen LogP contribution in [-0.2, 0) is 19.7 Å². The predicted octanol–water partition coefficient (Wildman–Crippen LogP) is 4.02. The number of ether oxygens (including phenoxy) is 5. The van der Waals surface area contributed by atoms with Crippen molar-refractivity contribution >= 4 is 17.6 Å². The Bertz CT molecular complexity index is 1420. The number of hydrogen-bond acceptors (Lipinski definition) is 9. The Balaban J connectivity index is 1.31. The van der Waals surface area contributed by atoms with Crippen LogP contribution >= 0.6 is 0 Å². The normalized spacial score (nSPS) is 28.6. The number of carbonyl (C=O) groups is 2. The highest BCUT2D eigenvalue weighted by Crippen LogP contribution is 2.65. The van der Waals surface area contributed by atoms with Gasteiger partial charge in [-0.2, -0.15) is 0 Å². The summed E-state index contributed by atoms with van der Waals surface area (Å²) in [7, 11) is 2.96. The van der Waals surface area contributed by atoms with Crippen LogP contribution in [0.4, 0.5) is 5.69 Å². The molecule has 4 heterocycles. The van der Waals surface area contributed by atoms with Gasteiger partial charge in [0.25, 0.3) is 0 Å². The molecule has 4 aliphatic heterocycles. The number of carbonyl (C=O) groups excluding carboxylic acids is 2. The zero-order valence-corrected chi connectivity index (χ0v) is 22.4. The summed E-state index contributed by atoms with van der Waals surface area (Å²) in [6.45, 7) is 3.95. The first kappa shape index (κ1) is 24.3. The van der Waals surface area contributed by atoms with Gasteiger partial charge in [0.05, 0.1) is 30.8 Å². The van der Waals surface area contributed by atoms with Crippen LogP contribution in [0.1, 0.15) is 48.5 Å². The number of para-hydroxylation sites is 1. The van der Waals surface area contributed by atoms with Crippen molar-refractivity contribution in [3.05, 3.63) is 58.8 Å². The van der Waals surface area contributed by atoms with Crippen molar-refractivity contribution in [1.29, 1.82) is 0 Å². The van der Waals surface area contributed by atoms with E-state index in [0.717, 1.165) is 43.7 Å². The smallest absolute Gasteiger partial charge is 0.338 e. The van der Waals surface area contributed by atoms with Gasteiger partial charge < -0.3 is 29.0 Å². The first-order chi connectivity index (χ1) is 18.9. The lowest BCUT2D eigenvalue weighted by Crippen LogP contribution is -2.64. The fourth-order valence-corrected chi connectivity index (χ4v) is 8.05. The molecule has 0 saturated carbocycles. The Labute approximate surface area is 227 Å². The van der Waals surface area contributed by atoms with Crippen molar-refractivity contribution < 1.29 is 33.3 Å². The van der Waals surface area contributed by atoms with E-state index >= 15 is 0 Å². The number of piperidine rings is 1. The van der Waals surface area contributed by atoms with Gasteiger partial charge in [-0.15, -0.1) is 0 Å². The van der Waals surface area contributed by atoms with E-state index in [1.807, 2.05) is 13.0 Å². The topological polar surface area (TPSA) is 95.6 Å². The number of methoxy groups -OCH3 is 2. The molecular formula is C30H32N2O7. The summed E-state index contributed by atoms with van der Waals surface area (Å²) in [6.07, 6.45) is 2.69. The molecule has 1 spiro atoms. The summed E-state index contributed by atoms with van der Waals surface area (Å²) in [5.74, 6) is 0.574. The second kappa shape index (κ2) is 8.64. The standard InChI is InChI=1S/C30H32N2O7/c1-17(39-26(33)18-13-22(35-2)24-23(14-18)37-16-38-24)29-9-6-11-32-12-10-30(28(29)32)20-7-4-5-8-21(20)31-25(30)19(15-29)27(34)36-3/h4-5,7-8,13-14,17,28,31H,6,9-12,15-16H2,1-3H3/t17-,28+,29-,30+/m1/s1. The predicted molar refractivity (Wildman–Crippen MR) is 141 cm³/mol. The molecule has 0 bridgehead atoms. The molecule has 0 amide bonds. The van der Waals surface area contributed by atoms with Gasteiger partial charge in [-0.3, -0.25) is 4.90 Å².